The molecule has 6 heteroatoms. The average molecular weight is 441 g/mol. The van der Waals surface area contributed by atoms with Gasteiger partial charge in [-0.05, 0) is 84.0 Å². The van der Waals surface area contributed by atoms with Crippen LogP contribution in [0.25, 0.3) is 0 Å². The van der Waals surface area contributed by atoms with Crippen LogP contribution in [-0.4, -0.2) is 38.2 Å². The lowest BCUT2D eigenvalue weighted by Gasteiger charge is -2.23. The van der Waals surface area contributed by atoms with Crippen LogP contribution in [0.15, 0.2) is 0 Å². The second-order valence-electron chi connectivity index (χ2n) is 10.7. The minimum Gasteiger partial charge on any atom is -0.438 e. The summed E-state index contributed by atoms with van der Waals surface area (Å²) in [5.74, 6) is 2.23. The largest absolute Gasteiger partial charge is 0.438 e. The quantitative estimate of drug-likeness (QED) is 0.269. The molecule has 1 aliphatic heterocycles. The van der Waals surface area contributed by atoms with Crippen LogP contribution in [0.2, 0.25) is 0 Å². The van der Waals surface area contributed by atoms with Crippen molar-refractivity contribution in [1.82, 2.24) is 0 Å². The minimum absolute atomic E-state index is 0.121. The molecule has 3 aliphatic rings. The van der Waals surface area contributed by atoms with Crippen molar-refractivity contribution in [2.45, 2.75) is 99.2 Å². The summed E-state index contributed by atoms with van der Waals surface area (Å²) in [4.78, 5) is 23.3. The van der Waals surface area contributed by atoms with Crippen molar-refractivity contribution in [3.63, 3.8) is 0 Å². The number of carbonyl (C=O) groups excluding carboxylic acids is 2. The number of hydrogen-bond donors (Lipinski definition) is 0. The third kappa shape index (κ3) is 7.74. The van der Waals surface area contributed by atoms with Gasteiger partial charge in [0, 0.05) is 6.42 Å². The molecule has 0 aromatic heterocycles. The zero-order valence-corrected chi connectivity index (χ0v) is 20.5. The van der Waals surface area contributed by atoms with E-state index in [0.29, 0.717) is 12.5 Å². The molecule has 0 radical (unpaired) electrons. The van der Waals surface area contributed by atoms with Crippen molar-refractivity contribution in [2.75, 3.05) is 20.0 Å². The van der Waals surface area contributed by atoms with Crippen molar-refractivity contribution < 1.29 is 28.5 Å². The number of rotatable bonds is 9. The van der Waals surface area contributed by atoms with Gasteiger partial charge in [-0.3, -0.25) is 9.59 Å². The topological polar surface area (TPSA) is 71.1 Å². The molecule has 1 saturated heterocycles. The Morgan fingerprint density at radius 2 is 1.61 bits per heavy atom. The fourth-order valence-corrected chi connectivity index (χ4v) is 4.28. The maximum absolute atomic E-state index is 11.7. The van der Waals surface area contributed by atoms with Crippen LogP contribution < -0.4 is 0 Å². The Morgan fingerprint density at radius 3 is 2.13 bits per heavy atom. The summed E-state index contributed by atoms with van der Waals surface area (Å²) in [7, 11) is 0. The van der Waals surface area contributed by atoms with Gasteiger partial charge in [-0.15, -0.1) is 0 Å². The minimum atomic E-state index is -0.393. The molecule has 180 valence electrons. The summed E-state index contributed by atoms with van der Waals surface area (Å²) in [5.41, 5.74) is -0.776. The maximum atomic E-state index is 11.7. The zero-order chi connectivity index (χ0) is 23.1. The molecule has 31 heavy (non-hydrogen) atoms. The van der Waals surface area contributed by atoms with E-state index in [0.717, 1.165) is 44.1 Å². The molecule has 2 bridgehead atoms. The van der Waals surface area contributed by atoms with Gasteiger partial charge in [0.05, 0.1) is 24.0 Å². The Kier molecular flexibility index (Phi) is 9.81. The first kappa shape index (κ1) is 26.1. The second kappa shape index (κ2) is 11.6. The smallest absolute Gasteiger partial charge is 0.313 e. The highest BCUT2D eigenvalue weighted by molar-refractivity contribution is 5.76. The number of ether oxygens (including phenoxy) is 4. The van der Waals surface area contributed by atoms with Gasteiger partial charge in [0.25, 0.3) is 0 Å². The third-order valence-electron chi connectivity index (χ3n) is 7.49. The molecule has 0 aromatic carbocycles. The molecule has 4 atom stereocenters. The van der Waals surface area contributed by atoms with Gasteiger partial charge < -0.3 is 18.9 Å². The van der Waals surface area contributed by atoms with E-state index in [-0.39, 0.29) is 30.4 Å². The molecule has 0 N–H and O–H groups in total. The SMILES string of the molecule is CCC(C)(C)C(=O)OC1CCCO1.CCC(C)(C)C(=O)OCOCC1CC2CCC1C2. The van der Waals surface area contributed by atoms with E-state index in [1.165, 1.54) is 25.7 Å². The summed E-state index contributed by atoms with van der Waals surface area (Å²) in [6, 6.07) is 0. The summed E-state index contributed by atoms with van der Waals surface area (Å²) < 4.78 is 21.1. The first-order chi connectivity index (χ1) is 14.6. The van der Waals surface area contributed by atoms with Crippen LogP contribution >= 0.6 is 0 Å². The number of fused-ring (bicyclic) bond motifs is 2. The Hall–Kier alpha value is -1.14. The van der Waals surface area contributed by atoms with E-state index in [1.54, 1.807) is 0 Å². The predicted molar refractivity (Wildman–Crippen MR) is 119 cm³/mol. The molecule has 3 rings (SSSR count). The summed E-state index contributed by atoms with van der Waals surface area (Å²) in [6.07, 6.45) is 8.63. The van der Waals surface area contributed by atoms with Crippen molar-refractivity contribution in [1.29, 1.82) is 0 Å². The van der Waals surface area contributed by atoms with Crippen LogP contribution in [0, 0.1) is 28.6 Å². The Morgan fingerprint density at radius 1 is 0.935 bits per heavy atom. The highest BCUT2D eigenvalue weighted by Crippen LogP contribution is 2.48. The lowest BCUT2D eigenvalue weighted by molar-refractivity contribution is -0.180. The first-order valence-electron chi connectivity index (χ1n) is 12.2. The normalized spacial score (nSPS) is 27.5. The highest BCUT2D eigenvalue weighted by Gasteiger charge is 2.39. The Bertz CT molecular complexity index is 579. The van der Waals surface area contributed by atoms with Crippen LogP contribution in [0.1, 0.15) is 92.9 Å². The monoisotopic (exact) mass is 440 g/mol. The van der Waals surface area contributed by atoms with Crippen molar-refractivity contribution in [2.24, 2.45) is 28.6 Å². The number of hydrogen-bond acceptors (Lipinski definition) is 6. The summed E-state index contributed by atoms with van der Waals surface area (Å²) >= 11 is 0. The predicted octanol–water partition coefficient (Wildman–Crippen LogP) is 5.48. The lowest BCUT2D eigenvalue weighted by atomic mass is 9.90. The van der Waals surface area contributed by atoms with Crippen LogP contribution in [-0.2, 0) is 28.5 Å². The Labute approximate surface area is 188 Å². The lowest BCUT2D eigenvalue weighted by Crippen LogP contribution is -2.29. The molecule has 0 spiro atoms. The first-order valence-corrected chi connectivity index (χ1v) is 12.2. The van der Waals surface area contributed by atoms with Crippen LogP contribution in [0.3, 0.4) is 0 Å². The third-order valence-corrected chi connectivity index (χ3v) is 7.49. The van der Waals surface area contributed by atoms with E-state index in [9.17, 15) is 9.59 Å². The fraction of sp³-hybridized carbons (Fsp3) is 0.920. The van der Waals surface area contributed by atoms with Crippen LogP contribution in [0.4, 0.5) is 0 Å². The van der Waals surface area contributed by atoms with Gasteiger partial charge in [0.1, 0.15) is 0 Å². The van der Waals surface area contributed by atoms with E-state index in [2.05, 4.69) is 0 Å². The van der Waals surface area contributed by atoms with Crippen molar-refractivity contribution in [3.8, 4) is 0 Å². The van der Waals surface area contributed by atoms with Crippen molar-refractivity contribution >= 4 is 11.9 Å². The van der Waals surface area contributed by atoms with Gasteiger partial charge in [-0.1, -0.05) is 20.3 Å². The molecule has 4 unspecified atom stereocenters. The van der Waals surface area contributed by atoms with E-state index in [1.807, 2.05) is 41.5 Å². The molecule has 6 nitrogen and oxygen atoms in total. The Balaban J connectivity index is 0.000000233. The summed E-state index contributed by atoms with van der Waals surface area (Å²) in [6.45, 7) is 13.2. The van der Waals surface area contributed by atoms with E-state index < -0.39 is 5.41 Å². The van der Waals surface area contributed by atoms with Gasteiger partial charge in [-0.2, -0.15) is 0 Å². The fourth-order valence-electron chi connectivity index (χ4n) is 4.28. The van der Waals surface area contributed by atoms with Crippen LogP contribution in [0.5, 0.6) is 0 Å². The molecular formula is C25H44O6. The van der Waals surface area contributed by atoms with Gasteiger partial charge in [0.15, 0.2) is 6.79 Å². The van der Waals surface area contributed by atoms with Gasteiger partial charge >= 0.3 is 11.9 Å². The molecule has 1 heterocycles. The molecule has 0 aromatic rings. The standard InChI is InChI=1S/C15H26O3.C10H18O3/c1-4-15(2,3)14(16)18-10-17-9-13-8-11-5-6-12(13)7-11;1-4-10(2,3)9(11)13-8-6-5-7-12-8/h11-13H,4-10H2,1-3H3;8H,4-7H2,1-3H3. The van der Waals surface area contributed by atoms with Gasteiger partial charge in [0.2, 0.25) is 6.29 Å². The van der Waals surface area contributed by atoms with E-state index >= 15 is 0 Å². The molecule has 3 fully saturated rings. The maximum Gasteiger partial charge on any atom is 0.313 e. The number of carbonyl (C=O) groups is 2. The molecular weight excluding hydrogens is 396 g/mol. The zero-order valence-electron chi connectivity index (χ0n) is 20.5. The molecule has 0 amide bonds. The average Bonchev–Trinajstić information content (AvgIpc) is 3.50. The summed E-state index contributed by atoms with van der Waals surface area (Å²) in [5, 5.41) is 0. The second-order valence-corrected chi connectivity index (χ2v) is 10.7. The van der Waals surface area contributed by atoms with Crippen molar-refractivity contribution in [3.05, 3.63) is 0 Å². The molecule has 2 saturated carbocycles. The van der Waals surface area contributed by atoms with E-state index in [4.69, 9.17) is 18.9 Å². The van der Waals surface area contributed by atoms with Gasteiger partial charge in [-0.25, -0.2) is 0 Å². The highest BCUT2D eigenvalue weighted by atomic mass is 16.7. The molecule has 2 aliphatic carbocycles. The number of esters is 2.